The maximum atomic E-state index is 12.0. The molecule has 0 saturated carbocycles. The first-order chi connectivity index (χ1) is 10.3. The number of anilines is 1. The van der Waals surface area contributed by atoms with Gasteiger partial charge in [0.15, 0.2) is 0 Å². The average molecular weight is 366 g/mol. The summed E-state index contributed by atoms with van der Waals surface area (Å²) < 4.78 is 0.847. The quantitative estimate of drug-likeness (QED) is 0.530. The zero-order valence-corrected chi connectivity index (χ0v) is 13.7. The van der Waals surface area contributed by atoms with E-state index in [4.69, 9.17) is 10.4 Å². The Bertz CT molecular complexity index is 635. The molecule has 3 N–H and O–H groups in total. The zero-order chi connectivity index (χ0) is 16.7. The van der Waals surface area contributed by atoms with Crippen molar-refractivity contribution in [3.8, 4) is 6.07 Å². The summed E-state index contributed by atoms with van der Waals surface area (Å²) in [5, 5.41) is 23.3. The number of carboxylic acid groups (broad SMARTS) is 1. The first-order valence-electron chi connectivity index (χ1n) is 6.51. The minimum atomic E-state index is -1.14. The van der Waals surface area contributed by atoms with E-state index in [1.165, 1.54) is 6.20 Å². The smallest absolute Gasteiger partial charge is 0.326 e. The number of nitrogens with one attached hydrogen (secondary N) is 2. The lowest BCUT2D eigenvalue weighted by Crippen LogP contribution is -2.44. The van der Waals surface area contributed by atoms with Gasteiger partial charge in [-0.25, -0.2) is 4.79 Å². The Hall–Kier alpha value is -2.33. The van der Waals surface area contributed by atoms with Crippen LogP contribution >= 0.6 is 15.9 Å². The van der Waals surface area contributed by atoms with Crippen LogP contribution in [0.15, 0.2) is 40.5 Å². The summed E-state index contributed by atoms with van der Waals surface area (Å²) in [5.74, 6) is -2.16. The molecule has 1 aromatic carbocycles. The average Bonchev–Trinajstić information content (AvgIpc) is 2.44. The Labute approximate surface area is 137 Å². The molecule has 7 heteroatoms. The van der Waals surface area contributed by atoms with Crippen molar-refractivity contribution in [3.05, 3.63) is 40.5 Å². The van der Waals surface area contributed by atoms with Crippen molar-refractivity contribution >= 4 is 33.5 Å². The van der Waals surface area contributed by atoms with E-state index in [0.717, 1.165) is 4.47 Å². The van der Waals surface area contributed by atoms with Gasteiger partial charge in [0.25, 0.3) is 5.91 Å². The van der Waals surface area contributed by atoms with Gasteiger partial charge in [0.05, 0.1) is 0 Å². The number of benzene rings is 1. The summed E-state index contributed by atoms with van der Waals surface area (Å²) in [4.78, 5) is 23.0. The van der Waals surface area contributed by atoms with Crippen LogP contribution in [0.4, 0.5) is 5.69 Å². The van der Waals surface area contributed by atoms with Crippen LogP contribution in [-0.4, -0.2) is 23.0 Å². The fraction of sp³-hybridized carbons (Fsp3) is 0.267. The van der Waals surface area contributed by atoms with Crippen LogP contribution in [-0.2, 0) is 9.59 Å². The summed E-state index contributed by atoms with van der Waals surface area (Å²) in [7, 11) is 0. The molecule has 1 aromatic rings. The second-order valence-electron chi connectivity index (χ2n) is 4.86. The van der Waals surface area contributed by atoms with E-state index in [1.54, 1.807) is 38.1 Å². The number of carbonyl (C=O) groups is 2. The number of aliphatic carboxylic acids is 1. The molecular formula is C15H16BrN3O3. The molecule has 6 nitrogen and oxygen atoms in total. The molecule has 0 aliphatic carbocycles. The van der Waals surface area contributed by atoms with E-state index in [0.29, 0.717) is 5.69 Å². The summed E-state index contributed by atoms with van der Waals surface area (Å²) >= 11 is 3.31. The topological polar surface area (TPSA) is 102 Å². The Morgan fingerprint density at radius 3 is 2.59 bits per heavy atom. The minimum absolute atomic E-state index is 0.202. The lowest BCUT2D eigenvalue weighted by Gasteiger charge is -2.17. The number of carboxylic acids is 1. The predicted molar refractivity (Wildman–Crippen MR) is 85.9 cm³/mol. The monoisotopic (exact) mass is 365 g/mol. The third kappa shape index (κ3) is 5.22. The van der Waals surface area contributed by atoms with Crippen LogP contribution in [0, 0.1) is 17.2 Å². The fourth-order valence-electron chi connectivity index (χ4n) is 1.61. The Morgan fingerprint density at radius 1 is 1.41 bits per heavy atom. The van der Waals surface area contributed by atoms with Crippen molar-refractivity contribution in [2.45, 2.75) is 19.9 Å². The first kappa shape index (κ1) is 17.7. The lowest BCUT2D eigenvalue weighted by molar-refractivity contribution is -0.142. The third-order valence-corrected chi connectivity index (χ3v) is 3.29. The van der Waals surface area contributed by atoms with Gasteiger partial charge >= 0.3 is 5.97 Å². The number of rotatable bonds is 6. The van der Waals surface area contributed by atoms with Crippen LogP contribution in [0.25, 0.3) is 0 Å². The Kier molecular flexibility index (Phi) is 6.60. The number of halogens is 1. The van der Waals surface area contributed by atoms with E-state index in [1.807, 2.05) is 6.07 Å². The highest BCUT2D eigenvalue weighted by atomic mass is 79.9. The predicted octanol–water partition coefficient (Wildman–Crippen LogP) is 2.49. The van der Waals surface area contributed by atoms with Crippen LogP contribution in [0.5, 0.6) is 0 Å². The molecule has 0 heterocycles. The Balaban J connectivity index is 2.82. The standard InChI is InChI=1S/C15H16BrN3O3/c1-9(2)13(15(21)22)19-14(20)10(7-17)8-18-12-5-3-4-11(16)6-12/h3-6,8-9,13,18H,1-2H3,(H,19,20)(H,21,22)/b10-8-. The highest BCUT2D eigenvalue weighted by Gasteiger charge is 2.24. The molecular weight excluding hydrogens is 350 g/mol. The van der Waals surface area contributed by atoms with E-state index in [9.17, 15) is 9.59 Å². The summed E-state index contributed by atoms with van der Waals surface area (Å²) in [6.45, 7) is 3.35. The molecule has 1 rings (SSSR count). The summed E-state index contributed by atoms with van der Waals surface area (Å²) in [6, 6.07) is 7.88. The van der Waals surface area contributed by atoms with Crippen molar-refractivity contribution in [1.29, 1.82) is 5.26 Å². The molecule has 0 aliphatic rings. The van der Waals surface area contributed by atoms with Crippen LogP contribution < -0.4 is 10.6 Å². The van der Waals surface area contributed by atoms with Gasteiger partial charge < -0.3 is 15.7 Å². The first-order valence-corrected chi connectivity index (χ1v) is 7.30. The SMILES string of the molecule is CC(C)C(NC(=O)/C(C#N)=C\Nc1cccc(Br)c1)C(=O)O. The summed E-state index contributed by atoms with van der Waals surface area (Å²) in [5.41, 5.74) is 0.487. The summed E-state index contributed by atoms with van der Waals surface area (Å²) in [6.07, 6.45) is 1.25. The lowest BCUT2D eigenvalue weighted by atomic mass is 10.0. The van der Waals surface area contributed by atoms with Gasteiger partial charge in [-0.3, -0.25) is 4.79 Å². The largest absolute Gasteiger partial charge is 0.480 e. The van der Waals surface area contributed by atoms with Crippen LogP contribution in [0.2, 0.25) is 0 Å². The molecule has 0 saturated heterocycles. The van der Waals surface area contributed by atoms with Crippen molar-refractivity contribution in [3.63, 3.8) is 0 Å². The van der Waals surface area contributed by atoms with Crippen molar-refractivity contribution in [2.24, 2.45) is 5.92 Å². The molecule has 0 bridgehead atoms. The van der Waals surface area contributed by atoms with E-state index in [2.05, 4.69) is 26.6 Å². The second-order valence-corrected chi connectivity index (χ2v) is 5.77. The van der Waals surface area contributed by atoms with Gasteiger partial charge in [-0.05, 0) is 24.1 Å². The third-order valence-electron chi connectivity index (χ3n) is 2.79. The van der Waals surface area contributed by atoms with Gasteiger partial charge in [-0.15, -0.1) is 0 Å². The second kappa shape index (κ2) is 8.20. The molecule has 0 aliphatic heterocycles. The molecule has 22 heavy (non-hydrogen) atoms. The molecule has 0 spiro atoms. The zero-order valence-electron chi connectivity index (χ0n) is 12.1. The molecule has 1 amide bonds. The molecule has 1 atom stereocenters. The fourth-order valence-corrected chi connectivity index (χ4v) is 2.01. The molecule has 0 radical (unpaired) electrons. The number of hydrogen-bond acceptors (Lipinski definition) is 4. The minimum Gasteiger partial charge on any atom is -0.480 e. The molecule has 0 aromatic heterocycles. The van der Waals surface area contributed by atoms with Crippen LogP contribution in [0.1, 0.15) is 13.8 Å². The maximum absolute atomic E-state index is 12.0. The number of carbonyl (C=O) groups excluding carboxylic acids is 1. The number of amides is 1. The normalized spacial score (nSPS) is 12.4. The van der Waals surface area contributed by atoms with E-state index < -0.39 is 17.9 Å². The van der Waals surface area contributed by atoms with E-state index in [-0.39, 0.29) is 11.5 Å². The van der Waals surface area contributed by atoms with Gasteiger partial charge in [0, 0.05) is 16.4 Å². The van der Waals surface area contributed by atoms with Crippen LogP contribution in [0.3, 0.4) is 0 Å². The van der Waals surface area contributed by atoms with Gasteiger partial charge in [0.1, 0.15) is 17.7 Å². The number of hydrogen-bond donors (Lipinski definition) is 3. The molecule has 0 fully saturated rings. The van der Waals surface area contributed by atoms with Gasteiger partial charge in [0.2, 0.25) is 0 Å². The highest BCUT2D eigenvalue weighted by Crippen LogP contribution is 2.15. The highest BCUT2D eigenvalue weighted by molar-refractivity contribution is 9.10. The van der Waals surface area contributed by atoms with Gasteiger partial charge in [-0.2, -0.15) is 5.26 Å². The number of nitriles is 1. The van der Waals surface area contributed by atoms with Gasteiger partial charge in [-0.1, -0.05) is 35.8 Å². The molecule has 116 valence electrons. The molecule has 1 unspecified atom stereocenters. The maximum Gasteiger partial charge on any atom is 0.326 e. The number of nitrogens with zero attached hydrogens (tertiary/aromatic N) is 1. The van der Waals surface area contributed by atoms with Crippen molar-refractivity contribution < 1.29 is 14.7 Å². The van der Waals surface area contributed by atoms with Crippen molar-refractivity contribution in [1.82, 2.24) is 5.32 Å². The van der Waals surface area contributed by atoms with Crippen molar-refractivity contribution in [2.75, 3.05) is 5.32 Å². The Morgan fingerprint density at radius 2 is 2.09 bits per heavy atom. The van der Waals surface area contributed by atoms with E-state index >= 15 is 0 Å².